The van der Waals surface area contributed by atoms with Crippen LogP contribution >= 0.6 is 0 Å². The molecule has 0 amide bonds. The summed E-state index contributed by atoms with van der Waals surface area (Å²) in [6, 6.07) is 76.0. The summed E-state index contributed by atoms with van der Waals surface area (Å²) in [5, 5.41) is 17.1. The van der Waals surface area contributed by atoms with Crippen molar-refractivity contribution < 1.29 is 4.42 Å². The topological polar surface area (TPSA) is 51.8 Å². The zero-order chi connectivity index (χ0) is 42.6. The lowest BCUT2D eigenvalue weighted by Gasteiger charge is -2.14. The second-order valence-corrected chi connectivity index (χ2v) is 17.1. The van der Waals surface area contributed by atoms with E-state index in [2.05, 4.69) is 182 Å². The Balaban J connectivity index is 0.893. The van der Waals surface area contributed by atoms with Crippen LogP contribution in [0.5, 0.6) is 0 Å². The van der Waals surface area contributed by atoms with Gasteiger partial charge in [0.05, 0.1) is 0 Å². The third-order valence-corrected chi connectivity index (χ3v) is 13.4. The van der Waals surface area contributed by atoms with E-state index >= 15 is 0 Å². The van der Waals surface area contributed by atoms with Crippen molar-refractivity contribution in [1.82, 2.24) is 15.0 Å². The van der Waals surface area contributed by atoms with Gasteiger partial charge in [0.25, 0.3) is 0 Å². The molecule has 0 N–H and O–H groups in total. The molecule has 0 aliphatic carbocycles. The summed E-state index contributed by atoms with van der Waals surface area (Å²) >= 11 is 0. The minimum Gasteiger partial charge on any atom is -0.456 e. The normalized spacial score (nSPS) is 12.0. The maximum Gasteiger partial charge on any atom is 0.164 e. The van der Waals surface area contributed by atoms with Gasteiger partial charge in [0.15, 0.2) is 17.5 Å². The predicted octanol–water partition coefficient (Wildman–Crippen LogP) is 16.5. The Morgan fingerprint density at radius 2 is 0.631 bits per heavy atom. The molecule has 65 heavy (non-hydrogen) atoms. The molecule has 4 nitrogen and oxygen atoms in total. The van der Waals surface area contributed by atoms with Crippen LogP contribution in [0.15, 0.2) is 217 Å². The van der Waals surface area contributed by atoms with Crippen molar-refractivity contribution in [3.8, 4) is 56.4 Å². The molecule has 0 aliphatic rings. The molecule has 14 rings (SSSR count). The second kappa shape index (κ2) is 13.9. The van der Waals surface area contributed by atoms with E-state index in [1.807, 2.05) is 30.3 Å². The van der Waals surface area contributed by atoms with Crippen LogP contribution in [0, 0.1) is 0 Å². The van der Waals surface area contributed by atoms with Crippen LogP contribution in [-0.4, -0.2) is 15.0 Å². The molecule has 0 spiro atoms. The van der Waals surface area contributed by atoms with Gasteiger partial charge in [0.1, 0.15) is 11.2 Å². The van der Waals surface area contributed by atoms with Gasteiger partial charge in [-0.2, -0.15) is 0 Å². The Labute approximate surface area is 373 Å². The highest BCUT2D eigenvalue weighted by Gasteiger charge is 2.19. The van der Waals surface area contributed by atoms with Crippen LogP contribution in [-0.2, 0) is 0 Å². The van der Waals surface area contributed by atoms with Crippen LogP contribution < -0.4 is 0 Å². The van der Waals surface area contributed by atoms with Gasteiger partial charge in [-0.25, -0.2) is 15.0 Å². The first-order valence-electron chi connectivity index (χ1n) is 22.1. The number of hydrogen-bond donors (Lipinski definition) is 0. The summed E-state index contributed by atoms with van der Waals surface area (Å²) in [6.07, 6.45) is 0. The molecule has 2 heterocycles. The standard InChI is InChI=1S/C61H35N3O/c1-2-11-38(12-3-1)59-62-60(64-61(63-59)44-25-22-36-10-4-5-13-40(36)32-44)39-23-20-37(21-24-39)41-26-29-47-45-14-6-7-15-46(45)48-30-27-43(35-54(48)53(47)33-41)42-28-31-49-50-16-8-18-55-57(50)58-51(52(49)34-42)17-9-19-56(58)65-55/h1-35H. The van der Waals surface area contributed by atoms with Crippen molar-refractivity contribution >= 4 is 86.6 Å². The first-order chi connectivity index (χ1) is 32.2. The van der Waals surface area contributed by atoms with Crippen LogP contribution in [0.2, 0.25) is 0 Å². The molecule has 0 radical (unpaired) electrons. The zero-order valence-corrected chi connectivity index (χ0v) is 35.0. The molecule has 0 saturated heterocycles. The van der Waals surface area contributed by atoms with Gasteiger partial charge >= 0.3 is 0 Å². The largest absolute Gasteiger partial charge is 0.456 e. The lowest BCUT2D eigenvalue weighted by atomic mass is 9.89. The molecule has 0 bridgehead atoms. The van der Waals surface area contributed by atoms with Gasteiger partial charge in [0, 0.05) is 27.5 Å². The molecule has 0 fully saturated rings. The summed E-state index contributed by atoms with van der Waals surface area (Å²) in [5.74, 6) is 1.93. The van der Waals surface area contributed by atoms with Gasteiger partial charge in [-0.15, -0.1) is 0 Å². The third kappa shape index (κ3) is 5.61. The van der Waals surface area contributed by atoms with Crippen LogP contribution in [0.4, 0.5) is 0 Å². The lowest BCUT2D eigenvalue weighted by molar-refractivity contribution is 0.669. The molecular formula is C61H35N3O. The van der Waals surface area contributed by atoms with Crippen molar-refractivity contribution in [2.75, 3.05) is 0 Å². The van der Waals surface area contributed by atoms with E-state index in [0.717, 1.165) is 44.4 Å². The molecule has 12 aromatic carbocycles. The fourth-order valence-corrected chi connectivity index (χ4v) is 10.3. The summed E-state index contributed by atoms with van der Waals surface area (Å²) in [7, 11) is 0. The maximum absolute atomic E-state index is 6.33. The first-order valence-corrected chi connectivity index (χ1v) is 22.1. The van der Waals surface area contributed by atoms with Gasteiger partial charge < -0.3 is 4.42 Å². The third-order valence-electron chi connectivity index (χ3n) is 13.4. The number of benzene rings is 12. The quantitative estimate of drug-likeness (QED) is 0.162. The van der Waals surface area contributed by atoms with Crippen molar-refractivity contribution in [3.05, 3.63) is 212 Å². The van der Waals surface area contributed by atoms with Crippen molar-refractivity contribution in [2.24, 2.45) is 0 Å². The number of fused-ring (bicyclic) bond motifs is 10. The van der Waals surface area contributed by atoms with Gasteiger partial charge in [-0.3, -0.25) is 0 Å². The first kappa shape index (κ1) is 35.8. The van der Waals surface area contributed by atoms with E-state index < -0.39 is 0 Å². The van der Waals surface area contributed by atoms with E-state index in [1.165, 1.54) is 81.1 Å². The second-order valence-electron chi connectivity index (χ2n) is 17.1. The molecule has 300 valence electrons. The summed E-state index contributed by atoms with van der Waals surface area (Å²) < 4.78 is 6.33. The fourth-order valence-electron chi connectivity index (χ4n) is 10.3. The van der Waals surface area contributed by atoms with Crippen molar-refractivity contribution in [1.29, 1.82) is 0 Å². The Hall–Kier alpha value is -8.73. The van der Waals surface area contributed by atoms with E-state index in [-0.39, 0.29) is 0 Å². The molecule has 4 heteroatoms. The Kier molecular flexibility index (Phi) is 7.65. The summed E-state index contributed by atoms with van der Waals surface area (Å²) in [6.45, 7) is 0. The summed E-state index contributed by atoms with van der Waals surface area (Å²) in [4.78, 5) is 15.1. The predicted molar refractivity (Wildman–Crippen MR) is 271 cm³/mol. The van der Waals surface area contributed by atoms with Gasteiger partial charge in [-0.05, 0) is 123 Å². The highest BCUT2D eigenvalue weighted by atomic mass is 16.3. The molecule has 0 unspecified atom stereocenters. The molecule has 14 aromatic rings. The van der Waals surface area contributed by atoms with E-state index in [4.69, 9.17) is 19.4 Å². The number of nitrogens with zero attached hydrogens (tertiary/aromatic N) is 3. The lowest BCUT2D eigenvalue weighted by Crippen LogP contribution is -2.00. The van der Waals surface area contributed by atoms with Crippen LogP contribution in [0.3, 0.4) is 0 Å². The maximum atomic E-state index is 6.33. The zero-order valence-electron chi connectivity index (χ0n) is 35.0. The molecule has 2 aromatic heterocycles. The number of hydrogen-bond acceptors (Lipinski definition) is 4. The minimum atomic E-state index is 0.637. The Morgan fingerprint density at radius 1 is 0.231 bits per heavy atom. The number of furan rings is 1. The average Bonchev–Trinajstić information content (AvgIpc) is 3.78. The molecule has 0 atom stereocenters. The Morgan fingerprint density at radius 3 is 1.25 bits per heavy atom. The average molecular weight is 826 g/mol. The highest BCUT2D eigenvalue weighted by Crippen LogP contribution is 2.44. The Bertz CT molecular complexity index is 4230. The summed E-state index contributed by atoms with van der Waals surface area (Å²) in [5.41, 5.74) is 9.35. The van der Waals surface area contributed by atoms with Crippen molar-refractivity contribution in [2.45, 2.75) is 0 Å². The van der Waals surface area contributed by atoms with Gasteiger partial charge in [-0.1, -0.05) is 176 Å². The van der Waals surface area contributed by atoms with E-state index in [9.17, 15) is 0 Å². The molecule has 0 saturated carbocycles. The minimum absolute atomic E-state index is 0.637. The molecule has 0 aliphatic heterocycles. The van der Waals surface area contributed by atoms with E-state index in [1.54, 1.807) is 0 Å². The highest BCUT2D eigenvalue weighted by molar-refractivity contribution is 6.33. The molecular weight excluding hydrogens is 791 g/mol. The van der Waals surface area contributed by atoms with Crippen LogP contribution in [0.1, 0.15) is 0 Å². The number of rotatable bonds is 5. The van der Waals surface area contributed by atoms with Gasteiger partial charge in [0.2, 0.25) is 0 Å². The number of aromatic nitrogens is 3. The smallest absolute Gasteiger partial charge is 0.164 e. The van der Waals surface area contributed by atoms with E-state index in [0.29, 0.717) is 17.5 Å². The van der Waals surface area contributed by atoms with Crippen molar-refractivity contribution in [3.63, 3.8) is 0 Å². The van der Waals surface area contributed by atoms with Crippen LogP contribution in [0.25, 0.3) is 143 Å². The monoisotopic (exact) mass is 825 g/mol. The fraction of sp³-hybridized carbons (Fsp3) is 0. The SMILES string of the molecule is c1ccc(-c2nc(-c3ccc(-c4ccc5c6ccccc6c6ccc(-c7ccc8c(c7)c7cccc9oc%10cccc8c%10c97)cc6c5c4)cc3)nc(-c3ccc4ccccc4c3)n2)cc1.